The monoisotopic (exact) mass is 438 g/mol. The molecule has 29 heavy (non-hydrogen) atoms. The number of carbonyl (C=O) groups is 1. The van der Waals surface area contributed by atoms with Gasteiger partial charge in [-0.15, -0.1) is 0 Å². The van der Waals surface area contributed by atoms with E-state index in [1.807, 2.05) is 6.92 Å². The second kappa shape index (κ2) is 8.86. The van der Waals surface area contributed by atoms with E-state index in [9.17, 15) is 21.6 Å². The minimum absolute atomic E-state index is 0.195. The average Bonchev–Trinajstić information content (AvgIpc) is 2.67. The SMILES string of the molecule is CCCCS(=O)(=O)Oc1ccccc1S(=O)(=O)C1(C(=O)C=[N+]=[N-])C=CC(C)=CC1. The van der Waals surface area contributed by atoms with Gasteiger partial charge in [0, 0.05) is 0 Å². The van der Waals surface area contributed by atoms with Crippen molar-refractivity contribution in [3.63, 3.8) is 0 Å². The van der Waals surface area contributed by atoms with Crippen LogP contribution in [-0.2, 0) is 24.7 Å². The normalized spacial score (nSPS) is 19.2. The van der Waals surface area contributed by atoms with Crippen LogP contribution in [-0.4, -0.2) is 44.1 Å². The van der Waals surface area contributed by atoms with Gasteiger partial charge in [0.1, 0.15) is 4.90 Å². The predicted octanol–water partition coefficient (Wildman–Crippen LogP) is 2.48. The van der Waals surface area contributed by atoms with E-state index in [1.54, 1.807) is 13.0 Å². The predicted molar refractivity (Wildman–Crippen MR) is 108 cm³/mol. The van der Waals surface area contributed by atoms with Crippen molar-refractivity contribution in [3.05, 3.63) is 53.6 Å². The maximum Gasteiger partial charge on any atom is 0.325 e. The van der Waals surface area contributed by atoms with E-state index in [2.05, 4.69) is 4.79 Å². The zero-order valence-corrected chi connectivity index (χ0v) is 17.7. The number of ketones is 1. The summed E-state index contributed by atoms with van der Waals surface area (Å²) in [6.45, 7) is 3.56. The number of nitrogens with zero attached hydrogens (tertiary/aromatic N) is 2. The summed E-state index contributed by atoms with van der Waals surface area (Å²) in [5.74, 6) is -1.60. The number of rotatable bonds is 9. The zero-order chi connectivity index (χ0) is 21.7. The largest absolute Gasteiger partial charge is 0.381 e. The second-order valence-corrected chi connectivity index (χ2v) is 10.5. The molecule has 10 heteroatoms. The molecule has 0 aliphatic heterocycles. The molecule has 0 saturated carbocycles. The quantitative estimate of drug-likeness (QED) is 0.252. The highest BCUT2D eigenvalue weighted by molar-refractivity contribution is 7.94. The smallest absolute Gasteiger partial charge is 0.325 e. The molecular weight excluding hydrogens is 416 g/mol. The van der Waals surface area contributed by atoms with Crippen LogP contribution >= 0.6 is 0 Å². The Balaban J connectivity index is 2.62. The lowest BCUT2D eigenvalue weighted by Gasteiger charge is -2.28. The molecule has 0 amide bonds. The van der Waals surface area contributed by atoms with Crippen molar-refractivity contribution in [2.75, 3.05) is 5.75 Å². The Labute approximate surface area is 170 Å². The van der Waals surface area contributed by atoms with E-state index in [4.69, 9.17) is 9.71 Å². The summed E-state index contributed by atoms with van der Waals surface area (Å²) >= 11 is 0. The van der Waals surface area contributed by atoms with Crippen LogP contribution in [0.2, 0.25) is 0 Å². The third-order valence-electron chi connectivity index (χ3n) is 4.52. The fraction of sp³-hybridized carbons (Fsp3) is 0.368. The van der Waals surface area contributed by atoms with E-state index >= 15 is 0 Å². The van der Waals surface area contributed by atoms with Gasteiger partial charge in [-0.05, 0) is 31.9 Å². The first kappa shape index (κ1) is 22.7. The molecule has 0 fully saturated rings. The van der Waals surface area contributed by atoms with Gasteiger partial charge < -0.3 is 9.71 Å². The summed E-state index contributed by atoms with van der Waals surface area (Å²) in [7, 11) is -8.48. The Kier molecular flexibility index (Phi) is 6.94. The van der Waals surface area contributed by atoms with Gasteiger partial charge in [0.05, 0.1) is 5.75 Å². The molecule has 0 N–H and O–H groups in total. The molecule has 0 radical (unpaired) electrons. The van der Waals surface area contributed by atoms with Crippen LogP contribution in [0.3, 0.4) is 0 Å². The van der Waals surface area contributed by atoms with Crippen molar-refractivity contribution in [2.45, 2.75) is 42.8 Å². The van der Waals surface area contributed by atoms with Gasteiger partial charge in [-0.2, -0.15) is 13.2 Å². The number of Topliss-reactive ketones (excluding diaryl/α,β-unsaturated/α-hetero) is 1. The highest BCUT2D eigenvalue weighted by Gasteiger charge is 2.51. The fourth-order valence-electron chi connectivity index (χ4n) is 2.83. The molecule has 0 aromatic heterocycles. The van der Waals surface area contributed by atoms with Crippen LogP contribution in [0.25, 0.3) is 5.53 Å². The Morgan fingerprint density at radius 1 is 1.28 bits per heavy atom. The Bertz CT molecular complexity index is 1110. The molecule has 156 valence electrons. The highest BCUT2D eigenvalue weighted by Crippen LogP contribution is 2.39. The van der Waals surface area contributed by atoms with Crippen molar-refractivity contribution in [3.8, 4) is 5.75 Å². The number of allylic oxidation sites excluding steroid dienone is 3. The second-order valence-electron chi connectivity index (χ2n) is 6.63. The fourth-order valence-corrected chi connectivity index (χ4v) is 5.92. The van der Waals surface area contributed by atoms with Crippen LogP contribution in [0.1, 0.15) is 33.1 Å². The standard InChI is InChI=1S/C19H22N2O6S2/c1-3-4-13-28(23,24)27-16-7-5-6-8-17(16)29(25,26)19(18(22)14-21-20)11-9-15(2)10-12-19/h5-11,14H,3-4,12-13H2,1-2H3. The summed E-state index contributed by atoms with van der Waals surface area (Å²) in [5.41, 5.74) is 9.53. The van der Waals surface area contributed by atoms with Crippen molar-refractivity contribution in [2.24, 2.45) is 0 Å². The summed E-state index contributed by atoms with van der Waals surface area (Å²) < 4.78 is 54.5. The lowest BCUT2D eigenvalue weighted by atomic mass is 9.93. The molecule has 0 saturated heterocycles. The maximum atomic E-state index is 13.5. The highest BCUT2D eigenvalue weighted by atomic mass is 32.2. The first-order valence-corrected chi connectivity index (χ1v) is 12.0. The molecule has 1 aliphatic carbocycles. The number of sulfone groups is 1. The number of para-hydroxylation sites is 1. The zero-order valence-electron chi connectivity index (χ0n) is 16.1. The molecule has 0 bridgehead atoms. The van der Waals surface area contributed by atoms with Gasteiger partial charge >= 0.3 is 16.3 Å². The van der Waals surface area contributed by atoms with Gasteiger partial charge in [-0.25, -0.2) is 8.42 Å². The first-order valence-electron chi connectivity index (χ1n) is 8.93. The average molecular weight is 439 g/mol. The van der Waals surface area contributed by atoms with E-state index in [1.165, 1.54) is 36.4 Å². The number of hydrogen-bond acceptors (Lipinski definition) is 6. The topological polar surface area (TPSA) is 131 Å². The van der Waals surface area contributed by atoms with Crippen molar-refractivity contribution in [1.29, 1.82) is 0 Å². The summed E-state index contributed by atoms with van der Waals surface area (Å²) in [5, 5.41) is 0. The van der Waals surface area contributed by atoms with Crippen molar-refractivity contribution < 1.29 is 30.6 Å². The molecule has 1 aromatic carbocycles. The number of carbonyl (C=O) groups excluding carboxylic acids is 1. The van der Waals surface area contributed by atoms with Crippen molar-refractivity contribution >= 4 is 32.0 Å². The molecule has 2 rings (SSSR count). The Hall–Kier alpha value is -2.55. The summed E-state index contributed by atoms with van der Waals surface area (Å²) in [4.78, 5) is 14.9. The minimum Gasteiger partial charge on any atom is -0.381 e. The first-order chi connectivity index (χ1) is 13.6. The van der Waals surface area contributed by atoms with Gasteiger partial charge in [0.15, 0.2) is 20.3 Å². The van der Waals surface area contributed by atoms with Crippen LogP contribution in [0.5, 0.6) is 5.75 Å². The third kappa shape index (κ3) is 4.72. The molecular formula is C19H22N2O6S2. The molecule has 1 atom stereocenters. The molecule has 1 aromatic rings. The molecule has 0 heterocycles. The Morgan fingerprint density at radius 3 is 2.55 bits per heavy atom. The van der Waals surface area contributed by atoms with E-state index < -0.39 is 35.4 Å². The van der Waals surface area contributed by atoms with E-state index in [-0.39, 0.29) is 17.9 Å². The summed E-state index contributed by atoms with van der Waals surface area (Å²) in [6, 6.07) is 5.25. The number of unbranched alkanes of at least 4 members (excludes halogenated alkanes) is 1. The minimum atomic E-state index is -4.46. The lowest BCUT2D eigenvalue weighted by molar-refractivity contribution is -0.117. The molecule has 0 spiro atoms. The van der Waals surface area contributed by atoms with Crippen LogP contribution in [0.4, 0.5) is 0 Å². The van der Waals surface area contributed by atoms with Gasteiger partial charge in [0.2, 0.25) is 0 Å². The van der Waals surface area contributed by atoms with E-state index in [0.29, 0.717) is 19.1 Å². The van der Waals surface area contributed by atoms with Gasteiger partial charge in [0.25, 0.3) is 5.78 Å². The van der Waals surface area contributed by atoms with Crippen LogP contribution < -0.4 is 4.18 Å². The van der Waals surface area contributed by atoms with Gasteiger partial charge in [-0.1, -0.05) is 49.3 Å². The molecule has 1 unspecified atom stereocenters. The Morgan fingerprint density at radius 2 is 1.97 bits per heavy atom. The molecule has 1 aliphatic rings. The number of benzene rings is 1. The van der Waals surface area contributed by atoms with E-state index in [0.717, 1.165) is 5.57 Å². The molecule has 8 nitrogen and oxygen atoms in total. The third-order valence-corrected chi connectivity index (χ3v) is 8.12. The maximum absolute atomic E-state index is 13.5. The van der Waals surface area contributed by atoms with Crippen LogP contribution in [0, 0.1) is 0 Å². The lowest BCUT2D eigenvalue weighted by Crippen LogP contribution is -2.46. The number of hydrogen-bond donors (Lipinski definition) is 0. The van der Waals surface area contributed by atoms with Crippen molar-refractivity contribution in [1.82, 2.24) is 0 Å². The van der Waals surface area contributed by atoms with Crippen LogP contribution in [0.15, 0.2) is 53.0 Å². The summed E-state index contributed by atoms with van der Waals surface area (Å²) in [6.07, 6.45) is 5.59. The van der Waals surface area contributed by atoms with Gasteiger partial charge in [-0.3, -0.25) is 4.79 Å².